The van der Waals surface area contributed by atoms with Crippen molar-refractivity contribution in [2.45, 2.75) is 13.5 Å². The zero-order valence-corrected chi connectivity index (χ0v) is 7.70. The van der Waals surface area contributed by atoms with Gasteiger partial charge in [0.15, 0.2) is 0 Å². The second-order valence-corrected chi connectivity index (χ2v) is 3.04. The Morgan fingerprint density at radius 3 is 2.58 bits per heavy atom. The highest BCUT2D eigenvalue weighted by molar-refractivity contribution is 5.45. The average Bonchev–Trinajstić information content (AvgIpc) is 2.03. The van der Waals surface area contributed by atoms with Crippen LogP contribution in [0.25, 0.3) is 0 Å². The molecule has 1 rings (SSSR count). The van der Waals surface area contributed by atoms with Crippen LogP contribution in [-0.2, 0) is 6.61 Å². The van der Waals surface area contributed by atoms with Gasteiger partial charge in [-0.3, -0.25) is 0 Å². The molecule has 1 heterocycles. The third kappa shape index (κ3) is 1.74. The van der Waals surface area contributed by atoms with Crippen molar-refractivity contribution in [3.05, 3.63) is 23.4 Å². The van der Waals surface area contributed by atoms with E-state index in [1.165, 1.54) is 0 Å². The minimum absolute atomic E-state index is 0.0571. The van der Waals surface area contributed by atoms with Gasteiger partial charge < -0.3 is 10.0 Å². The lowest BCUT2D eigenvalue weighted by atomic mass is 10.2. The number of nitrogens with zero attached hydrogens (tertiary/aromatic N) is 2. The van der Waals surface area contributed by atoms with Crippen LogP contribution in [-0.4, -0.2) is 24.2 Å². The second kappa shape index (κ2) is 3.54. The molecule has 0 unspecified atom stereocenters. The minimum atomic E-state index is 0.0571. The third-order valence-electron chi connectivity index (χ3n) is 1.71. The van der Waals surface area contributed by atoms with E-state index in [9.17, 15) is 0 Å². The number of hydrogen-bond acceptors (Lipinski definition) is 3. The van der Waals surface area contributed by atoms with Gasteiger partial charge >= 0.3 is 0 Å². The molecule has 0 saturated heterocycles. The molecule has 0 amide bonds. The Balaban J connectivity index is 3.03. The van der Waals surface area contributed by atoms with E-state index in [2.05, 4.69) is 4.98 Å². The average molecular weight is 166 g/mol. The van der Waals surface area contributed by atoms with Crippen LogP contribution in [0.1, 0.15) is 11.1 Å². The lowest BCUT2D eigenvalue weighted by Crippen LogP contribution is -2.12. The van der Waals surface area contributed by atoms with Gasteiger partial charge in [-0.15, -0.1) is 0 Å². The Labute approximate surface area is 72.7 Å². The predicted molar refractivity (Wildman–Crippen MR) is 49.2 cm³/mol. The first-order valence-electron chi connectivity index (χ1n) is 3.89. The SMILES string of the molecule is Cc1cc(CO)cnc1N(C)C. The van der Waals surface area contributed by atoms with E-state index in [-0.39, 0.29) is 6.61 Å². The molecule has 0 radical (unpaired) electrons. The quantitative estimate of drug-likeness (QED) is 0.710. The monoisotopic (exact) mass is 166 g/mol. The zero-order valence-electron chi connectivity index (χ0n) is 7.70. The molecule has 0 aromatic carbocycles. The van der Waals surface area contributed by atoms with Crippen molar-refractivity contribution in [3.63, 3.8) is 0 Å². The molecule has 1 N–H and O–H groups in total. The first-order valence-corrected chi connectivity index (χ1v) is 3.89. The van der Waals surface area contributed by atoms with Crippen LogP contribution in [0.5, 0.6) is 0 Å². The lowest BCUT2D eigenvalue weighted by Gasteiger charge is -2.14. The number of aliphatic hydroxyl groups excluding tert-OH is 1. The number of aromatic nitrogens is 1. The molecule has 3 heteroatoms. The highest BCUT2D eigenvalue weighted by Crippen LogP contribution is 2.14. The maximum atomic E-state index is 8.84. The van der Waals surface area contributed by atoms with Gasteiger partial charge in [-0.25, -0.2) is 4.98 Å². The number of anilines is 1. The molecule has 0 aliphatic carbocycles. The predicted octanol–water partition coefficient (Wildman–Crippen LogP) is 0.948. The van der Waals surface area contributed by atoms with E-state index in [1.807, 2.05) is 32.0 Å². The summed E-state index contributed by atoms with van der Waals surface area (Å²) < 4.78 is 0. The van der Waals surface area contributed by atoms with Crippen LogP contribution in [0.3, 0.4) is 0 Å². The van der Waals surface area contributed by atoms with Crippen molar-refractivity contribution in [1.82, 2.24) is 4.98 Å². The molecule has 1 aromatic rings. The zero-order chi connectivity index (χ0) is 9.14. The van der Waals surface area contributed by atoms with Gasteiger partial charge in [-0.2, -0.15) is 0 Å². The molecular formula is C9H14N2O. The van der Waals surface area contributed by atoms with Crippen molar-refractivity contribution in [2.75, 3.05) is 19.0 Å². The number of pyridine rings is 1. The summed E-state index contributed by atoms with van der Waals surface area (Å²) in [6.07, 6.45) is 1.70. The highest BCUT2D eigenvalue weighted by Gasteiger charge is 2.01. The summed E-state index contributed by atoms with van der Waals surface area (Å²) in [5.74, 6) is 0.951. The Bertz CT molecular complexity index is 271. The molecule has 3 nitrogen and oxygen atoms in total. The van der Waals surface area contributed by atoms with E-state index >= 15 is 0 Å². The summed E-state index contributed by atoms with van der Waals surface area (Å²) in [5, 5.41) is 8.84. The van der Waals surface area contributed by atoms with Crippen LogP contribution in [0.15, 0.2) is 12.3 Å². The van der Waals surface area contributed by atoms with Gasteiger partial charge in [-0.1, -0.05) is 0 Å². The van der Waals surface area contributed by atoms with Crippen molar-refractivity contribution in [3.8, 4) is 0 Å². The number of aliphatic hydroxyl groups is 1. The van der Waals surface area contributed by atoms with E-state index in [0.29, 0.717) is 0 Å². The van der Waals surface area contributed by atoms with Crippen molar-refractivity contribution < 1.29 is 5.11 Å². The summed E-state index contributed by atoms with van der Waals surface area (Å²) in [6.45, 7) is 2.04. The van der Waals surface area contributed by atoms with Crippen LogP contribution >= 0.6 is 0 Å². The molecule has 66 valence electrons. The van der Waals surface area contributed by atoms with Gasteiger partial charge in [0.1, 0.15) is 5.82 Å². The molecule has 0 aliphatic rings. The maximum absolute atomic E-state index is 8.84. The number of aryl methyl sites for hydroxylation is 1. The third-order valence-corrected chi connectivity index (χ3v) is 1.71. The topological polar surface area (TPSA) is 36.4 Å². The van der Waals surface area contributed by atoms with Gasteiger partial charge in [0.25, 0.3) is 0 Å². The Hall–Kier alpha value is -1.09. The first kappa shape index (κ1) is 9.00. The molecule has 0 atom stereocenters. The second-order valence-electron chi connectivity index (χ2n) is 3.04. The number of rotatable bonds is 2. The molecule has 1 aromatic heterocycles. The van der Waals surface area contributed by atoms with Crippen LogP contribution < -0.4 is 4.90 Å². The fraction of sp³-hybridized carbons (Fsp3) is 0.444. The highest BCUT2D eigenvalue weighted by atomic mass is 16.3. The van der Waals surface area contributed by atoms with Gasteiger partial charge in [0, 0.05) is 20.3 Å². The standard InChI is InChI=1S/C9H14N2O/c1-7-4-8(6-12)5-10-9(7)11(2)3/h4-5,12H,6H2,1-3H3. The van der Waals surface area contributed by atoms with E-state index < -0.39 is 0 Å². The molecule has 12 heavy (non-hydrogen) atoms. The smallest absolute Gasteiger partial charge is 0.130 e. The van der Waals surface area contributed by atoms with Crippen LogP contribution in [0.2, 0.25) is 0 Å². The maximum Gasteiger partial charge on any atom is 0.130 e. The summed E-state index contributed by atoms with van der Waals surface area (Å²) in [6, 6.07) is 1.95. The summed E-state index contributed by atoms with van der Waals surface area (Å²) in [4.78, 5) is 6.17. The molecule has 0 aliphatic heterocycles. The fourth-order valence-electron chi connectivity index (χ4n) is 1.18. The number of hydrogen-bond donors (Lipinski definition) is 1. The molecule has 0 bridgehead atoms. The largest absolute Gasteiger partial charge is 0.392 e. The lowest BCUT2D eigenvalue weighted by molar-refractivity contribution is 0.281. The minimum Gasteiger partial charge on any atom is -0.392 e. The van der Waals surface area contributed by atoms with E-state index in [4.69, 9.17) is 5.11 Å². The summed E-state index contributed by atoms with van der Waals surface area (Å²) in [7, 11) is 3.90. The first-order chi connectivity index (χ1) is 5.65. The van der Waals surface area contributed by atoms with Gasteiger partial charge in [-0.05, 0) is 24.1 Å². The Morgan fingerprint density at radius 2 is 2.17 bits per heavy atom. The Kier molecular flexibility index (Phi) is 2.65. The van der Waals surface area contributed by atoms with Crippen LogP contribution in [0, 0.1) is 6.92 Å². The molecule has 0 fully saturated rings. The normalized spacial score (nSPS) is 10.0. The molecule has 0 saturated carbocycles. The van der Waals surface area contributed by atoms with E-state index in [1.54, 1.807) is 6.20 Å². The van der Waals surface area contributed by atoms with Crippen LogP contribution in [0.4, 0.5) is 5.82 Å². The fourth-order valence-corrected chi connectivity index (χ4v) is 1.18. The van der Waals surface area contributed by atoms with Gasteiger partial charge in [0.2, 0.25) is 0 Å². The Morgan fingerprint density at radius 1 is 1.50 bits per heavy atom. The van der Waals surface area contributed by atoms with Crippen molar-refractivity contribution in [1.29, 1.82) is 0 Å². The van der Waals surface area contributed by atoms with Crippen molar-refractivity contribution in [2.24, 2.45) is 0 Å². The summed E-state index contributed by atoms with van der Waals surface area (Å²) >= 11 is 0. The van der Waals surface area contributed by atoms with Crippen molar-refractivity contribution >= 4 is 5.82 Å². The van der Waals surface area contributed by atoms with E-state index in [0.717, 1.165) is 16.9 Å². The summed E-state index contributed by atoms with van der Waals surface area (Å²) in [5.41, 5.74) is 1.95. The molecular weight excluding hydrogens is 152 g/mol. The van der Waals surface area contributed by atoms with Gasteiger partial charge in [0.05, 0.1) is 6.61 Å². The molecule has 0 spiro atoms.